The summed E-state index contributed by atoms with van der Waals surface area (Å²) in [7, 11) is 0. The van der Waals surface area contributed by atoms with E-state index in [0.29, 0.717) is 0 Å². The van der Waals surface area contributed by atoms with Crippen LogP contribution in [0.3, 0.4) is 0 Å². The summed E-state index contributed by atoms with van der Waals surface area (Å²) in [5.41, 5.74) is 0. The zero-order valence-electron chi connectivity index (χ0n) is 5.58. The number of carbonyl (C=O) groups excluding carboxylic acids is 4. The first kappa shape index (κ1) is 17.5. The molecule has 0 aliphatic heterocycles. The average molecular weight is 235 g/mol. The van der Waals surface area contributed by atoms with E-state index in [9.17, 15) is 0 Å². The molecule has 0 spiro atoms. The van der Waals surface area contributed by atoms with Crippen molar-refractivity contribution in [2.45, 2.75) is 0 Å². The molecule has 0 rings (SSSR count). The standard InChI is InChI=1S/2C2H2O4.Ni/c2*3-1(4)2(5)6;/h2*(H,3,4)(H,5,6);/p-4. The third-order valence-electron chi connectivity index (χ3n) is 0.333. The first-order valence-electron chi connectivity index (χ1n) is 2.13. The van der Waals surface area contributed by atoms with Crippen LogP contribution in [0.5, 0.6) is 0 Å². The summed E-state index contributed by atoms with van der Waals surface area (Å²) in [6.07, 6.45) is 0. The summed E-state index contributed by atoms with van der Waals surface area (Å²) in [6, 6.07) is 0. The minimum atomic E-state index is -2.19. The van der Waals surface area contributed by atoms with Gasteiger partial charge in [0, 0.05) is 16.5 Å². The largest absolute Gasteiger partial charge is 0.543 e. The van der Waals surface area contributed by atoms with E-state index in [4.69, 9.17) is 39.6 Å². The van der Waals surface area contributed by atoms with Gasteiger partial charge in [-0.3, -0.25) is 0 Å². The minimum absolute atomic E-state index is 0. The molecule has 0 aliphatic rings. The number of hydrogen-bond acceptors (Lipinski definition) is 8. The molecule has 0 N–H and O–H groups in total. The van der Waals surface area contributed by atoms with E-state index < -0.39 is 23.9 Å². The average Bonchev–Trinajstić information content (AvgIpc) is 1.88. The molecule has 78 valence electrons. The molecule has 0 aromatic carbocycles. The molecule has 13 heavy (non-hydrogen) atoms. The predicted octanol–water partition coefficient (Wildman–Crippen LogP) is -7.03. The van der Waals surface area contributed by atoms with Crippen molar-refractivity contribution in [1.82, 2.24) is 0 Å². The summed E-state index contributed by atoms with van der Waals surface area (Å²) < 4.78 is 0. The van der Waals surface area contributed by atoms with Gasteiger partial charge in [0.1, 0.15) is 0 Å². The topological polar surface area (TPSA) is 161 Å². The van der Waals surface area contributed by atoms with Crippen LogP contribution in [0.25, 0.3) is 0 Å². The number of aliphatic carboxylic acids is 4. The molecule has 0 heterocycles. The van der Waals surface area contributed by atoms with Gasteiger partial charge in [-0.1, -0.05) is 0 Å². The fourth-order valence-corrected chi connectivity index (χ4v) is 0. The zero-order chi connectivity index (χ0) is 10.3. The summed E-state index contributed by atoms with van der Waals surface area (Å²) in [6.45, 7) is 0. The SMILES string of the molecule is O=C([O-])C(=O)[O-].O=C([O-])C(=O)[O-].[Ni]. The Kier molecular flexibility index (Phi) is 11.4. The Bertz CT molecular complexity index is 172. The minimum Gasteiger partial charge on any atom is -0.543 e. The van der Waals surface area contributed by atoms with Crippen molar-refractivity contribution >= 4 is 23.9 Å². The van der Waals surface area contributed by atoms with Crippen molar-refractivity contribution in [3.05, 3.63) is 0 Å². The molecule has 0 aromatic heterocycles. The molecule has 0 atom stereocenters. The Morgan fingerprint density at radius 1 is 0.538 bits per heavy atom. The molecule has 0 unspecified atom stereocenters. The van der Waals surface area contributed by atoms with E-state index in [1.54, 1.807) is 0 Å². The van der Waals surface area contributed by atoms with E-state index in [0.717, 1.165) is 0 Å². The van der Waals surface area contributed by atoms with Gasteiger partial charge in [-0.25, -0.2) is 0 Å². The van der Waals surface area contributed by atoms with Gasteiger partial charge in [0.15, 0.2) is 0 Å². The molecule has 0 aromatic rings. The Morgan fingerprint density at radius 2 is 0.615 bits per heavy atom. The van der Waals surface area contributed by atoms with Gasteiger partial charge in [0.25, 0.3) is 0 Å². The van der Waals surface area contributed by atoms with Crippen molar-refractivity contribution in [3.63, 3.8) is 0 Å². The quantitative estimate of drug-likeness (QED) is 0.295. The first-order chi connectivity index (χ1) is 5.29. The number of carboxylic acid groups (broad SMARTS) is 4. The second kappa shape index (κ2) is 8.47. The summed E-state index contributed by atoms with van der Waals surface area (Å²) >= 11 is 0. The van der Waals surface area contributed by atoms with Crippen LogP contribution in [-0.4, -0.2) is 23.9 Å². The maximum atomic E-state index is 8.93. The van der Waals surface area contributed by atoms with Gasteiger partial charge in [0.05, 0.1) is 23.9 Å². The fraction of sp³-hybridized carbons (Fsp3) is 0. The van der Waals surface area contributed by atoms with Crippen molar-refractivity contribution in [2.24, 2.45) is 0 Å². The molecule has 0 saturated heterocycles. The second-order valence-electron chi connectivity index (χ2n) is 1.15. The Labute approximate surface area is 80.7 Å². The molecule has 9 heteroatoms. The number of hydrogen-bond donors (Lipinski definition) is 0. The van der Waals surface area contributed by atoms with Gasteiger partial charge in [-0.2, -0.15) is 0 Å². The van der Waals surface area contributed by atoms with Gasteiger partial charge < -0.3 is 39.6 Å². The van der Waals surface area contributed by atoms with Gasteiger partial charge in [0.2, 0.25) is 0 Å². The molecule has 0 fully saturated rings. The van der Waals surface area contributed by atoms with Gasteiger partial charge >= 0.3 is 0 Å². The van der Waals surface area contributed by atoms with Crippen LogP contribution < -0.4 is 20.4 Å². The monoisotopic (exact) mass is 234 g/mol. The van der Waals surface area contributed by atoms with Crippen LogP contribution >= 0.6 is 0 Å². The number of carboxylic acids is 4. The predicted molar refractivity (Wildman–Crippen MR) is 20.0 cm³/mol. The van der Waals surface area contributed by atoms with E-state index in [1.807, 2.05) is 0 Å². The number of carbonyl (C=O) groups is 4. The van der Waals surface area contributed by atoms with Crippen LogP contribution in [0.1, 0.15) is 0 Å². The van der Waals surface area contributed by atoms with Gasteiger partial charge in [-0.15, -0.1) is 0 Å². The summed E-state index contributed by atoms with van der Waals surface area (Å²) in [4.78, 5) is 35.7. The molecule has 0 bridgehead atoms. The summed E-state index contributed by atoms with van der Waals surface area (Å²) in [5.74, 6) is -8.74. The Hall–Kier alpha value is -1.63. The Balaban J connectivity index is -0.000000143. The maximum absolute atomic E-state index is 8.93. The van der Waals surface area contributed by atoms with Crippen molar-refractivity contribution in [1.29, 1.82) is 0 Å². The first-order valence-corrected chi connectivity index (χ1v) is 2.13. The normalized spacial score (nSPS) is 6.77. The van der Waals surface area contributed by atoms with Crippen LogP contribution in [0.4, 0.5) is 0 Å². The smallest absolute Gasteiger partial charge is 0.0870 e. The fourth-order valence-electron chi connectivity index (χ4n) is 0. The third kappa shape index (κ3) is 17.9. The van der Waals surface area contributed by atoms with Crippen molar-refractivity contribution in [2.75, 3.05) is 0 Å². The van der Waals surface area contributed by atoms with Crippen LogP contribution in [0.15, 0.2) is 0 Å². The third-order valence-corrected chi connectivity index (χ3v) is 0.333. The Morgan fingerprint density at radius 3 is 0.615 bits per heavy atom. The van der Waals surface area contributed by atoms with E-state index >= 15 is 0 Å². The second-order valence-corrected chi connectivity index (χ2v) is 1.15. The molecule has 0 saturated carbocycles. The molecular formula is C4NiO8-4. The molecule has 0 amide bonds. The van der Waals surface area contributed by atoms with E-state index in [1.165, 1.54) is 0 Å². The zero-order valence-corrected chi connectivity index (χ0v) is 6.57. The van der Waals surface area contributed by atoms with Crippen LogP contribution in [-0.2, 0) is 35.7 Å². The molecular weight excluding hydrogens is 235 g/mol. The number of rotatable bonds is 0. The van der Waals surface area contributed by atoms with Crippen LogP contribution in [0, 0.1) is 0 Å². The summed E-state index contributed by atoms with van der Waals surface area (Å²) in [5, 5.41) is 35.7. The van der Waals surface area contributed by atoms with Gasteiger partial charge in [-0.05, 0) is 0 Å². The van der Waals surface area contributed by atoms with Crippen molar-refractivity contribution < 1.29 is 56.1 Å². The molecule has 0 radical (unpaired) electrons. The van der Waals surface area contributed by atoms with E-state index in [2.05, 4.69) is 0 Å². The maximum Gasteiger partial charge on any atom is 0.0870 e. The van der Waals surface area contributed by atoms with Crippen molar-refractivity contribution in [3.8, 4) is 0 Å². The van der Waals surface area contributed by atoms with Crippen LogP contribution in [0.2, 0.25) is 0 Å². The molecule has 8 nitrogen and oxygen atoms in total. The van der Waals surface area contributed by atoms with E-state index in [-0.39, 0.29) is 16.5 Å². The molecule has 0 aliphatic carbocycles.